The van der Waals surface area contributed by atoms with Gasteiger partial charge in [-0.2, -0.15) is 0 Å². The predicted octanol–water partition coefficient (Wildman–Crippen LogP) is 1.46. The third kappa shape index (κ3) is 2.85. The van der Waals surface area contributed by atoms with Gasteiger partial charge < -0.3 is 10.6 Å². The molecule has 2 heterocycles. The van der Waals surface area contributed by atoms with Crippen molar-refractivity contribution in [2.75, 3.05) is 13.1 Å². The van der Waals surface area contributed by atoms with Crippen molar-refractivity contribution in [2.45, 2.75) is 0 Å². The van der Waals surface area contributed by atoms with E-state index >= 15 is 0 Å². The highest BCUT2D eigenvalue weighted by Gasteiger charge is 2.35. The average Bonchev–Trinajstić information content (AvgIpc) is 2.46. The van der Waals surface area contributed by atoms with Crippen molar-refractivity contribution in [3.8, 4) is 11.3 Å². The van der Waals surface area contributed by atoms with Crippen molar-refractivity contribution >= 4 is 27.7 Å². The summed E-state index contributed by atoms with van der Waals surface area (Å²) in [6.07, 6.45) is 0. The van der Waals surface area contributed by atoms with E-state index in [4.69, 9.17) is 5.73 Å². The predicted molar refractivity (Wildman–Crippen MR) is 83.8 cm³/mol. The van der Waals surface area contributed by atoms with E-state index in [1.54, 1.807) is 17.0 Å². The van der Waals surface area contributed by atoms with Crippen LogP contribution >= 0.6 is 15.9 Å². The van der Waals surface area contributed by atoms with E-state index in [-0.39, 0.29) is 23.4 Å². The van der Waals surface area contributed by atoms with Crippen LogP contribution in [0.25, 0.3) is 11.3 Å². The minimum Gasteiger partial charge on any atom is -0.369 e. The molecule has 2 N–H and O–H groups in total. The number of carbonyl (C=O) groups is 2. The molecule has 0 bridgehead atoms. The van der Waals surface area contributed by atoms with Crippen LogP contribution in [0.2, 0.25) is 0 Å². The number of carbonyl (C=O) groups excluding carboxylic acids is 2. The number of halogens is 1. The summed E-state index contributed by atoms with van der Waals surface area (Å²) in [5.41, 5.74) is 7.07. The standard InChI is InChI=1S/C15H13BrN4O2/c16-11-3-1-9(2-4-11)12-5-6-13(19-18-12)15(22)20-7-10(8-20)14(17)21/h1-6,10H,7-8H2,(H2,17,21). The zero-order valence-electron chi connectivity index (χ0n) is 11.6. The zero-order chi connectivity index (χ0) is 15.7. The van der Waals surface area contributed by atoms with Crippen LogP contribution in [0.3, 0.4) is 0 Å². The number of nitrogens with zero attached hydrogens (tertiary/aromatic N) is 3. The van der Waals surface area contributed by atoms with Gasteiger partial charge in [-0.05, 0) is 24.3 Å². The minimum absolute atomic E-state index is 0.229. The van der Waals surface area contributed by atoms with Crippen molar-refractivity contribution < 1.29 is 9.59 Å². The van der Waals surface area contributed by atoms with E-state index < -0.39 is 0 Å². The minimum atomic E-state index is -0.374. The number of primary amides is 1. The first-order valence-electron chi connectivity index (χ1n) is 6.73. The highest BCUT2D eigenvalue weighted by atomic mass is 79.9. The first-order valence-corrected chi connectivity index (χ1v) is 7.52. The number of benzene rings is 1. The van der Waals surface area contributed by atoms with Crippen molar-refractivity contribution in [3.63, 3.8) is 0 Å². The second-order valence-electron chi connectivity index (χ2n) is 5.12. The normalized spacial score (nSPS) is 14.5. The van der Waals surface area contributed by atoms with Crippen molar-refractivity contribution in [2.24, 2.45) is 11.7 Å². The highest BCUT2D eigenvalue weighted by Crippen LogP contribution is 2.21. The van der Waals surface area contributed by atoms with Crippen molar-refractivity contribution in [3.05, 3.63) is 46.6 Å². The van der Waals surface area contributed by atoms with E-state index in [2.05, 4.69) is 26.1 Å². The van der Waals surface area contributed by atoms with Crippen molar-refractivity contribution in [1.29, 1.82) is 0 Å². The SMILES string of the molecule is NC(=O)C1CN(C(=O)c2ccc(-c3ccc(Br)cc3)nn2)C1. The topological polar surface area (TPSA) is 89.2 Å². The van der Waals surface area contributed by atoms with Crippen LogP contribution in [0.15, 0.2) is 40.9 Å². The Balaban J connectivity index is 1.70. The van der Waals surface area contributed by atoms with E-state index in [1.165, 1.54) is 0 Å². The summed E-state index contributed by atoms with van der Waals surface area (Å²) in [5.74, 6) is -0.855. The number of aromatic nitrogens is 2. The molecule has 1 fully saturated rings. The number of nitrogens with two attached hydrogens (primary N) is 1. The van der Waals surface area contributed by atoms with Crippen LogP contribution in [0.1, 0.15) is 10.5 Å². The number of amides is 2. The molecule has 0 radical (unpaired) electrons. The van der Waals surface area contributed by atoms with Crippen LogP contribution in [-0.2, 0) is 4.79 Å². The molecule has 7 heteroatoms. The van der Waals surface area contributed by atoms with Gasteiger partial charge in [0.05, 0.1) is 11.6 Å². The largest absolute Gasteiger partial charge is 0.369 e. The molecule has 1 saturated heterocycles. The van der Waals surface area contributed by atoms with Crippen LogP contribution < -0.4 is 5.73 Å². The molecule has 6 nitrogen and oxygen atoms in total. The lowest BCUT2D eigenvalue weighted by Crippen LogP contribution is -2.54. The fraction of sp³-hybridized carbons (Fsp3) is 0.200. The first-order chi connectivity index (χ1) is 10.5. The molecule has 1 aromatic carbocycles. The molecule has 112 valence electrons. The Morgan fingerprint density at radius 2 is 1.77 bits per heavy atom. The molecule has 0 aliphatic carbocycles. The molecule has 22 heavy (non-hydrogen) atoms. The number of likely N-dealkylation sites (tertiary alicyclic amines) is 1. The van der Waals surface area contributed by atoms with E-state index in [9.17, 15) is 9.59 Å². The molecular formula is C15H13BrN4O2. The molecule has 2 aromatic rings. The van der Waals surface area contributed by atoms with Gasteiger partial charge in [0.1, 0.15) is 0 Å². The number of rotatable bonds is 3. The van der Waals surface area contributed by atoms with E-state index in [0.29, 0.717) is 18.8 Å². The summed E-state index contributed by atoms with van der Waals surface area (Å²) >= 11 is 3.37. The summed E-state index contributed by atoms with van der Waals surface area (Å²) < 4.78 is 0.984. The number of hydrogen-bond donors (Lipinski definition) is 1. The van der Waals surface area contributed by atoms with Gasteiger partial charge in [-0.25, -0.2) is 0 Å². The Hall–Kier alpha value is -2.28. The molecule has 1 aliphatic rings. The molecule has 0 unspecified atom stereocenters. The van der Waals surface area contributed by atoms with Crippen LogP contribution in [0, 0.1) is 5.92 Å². The van der Waals surface area contributed by atoms with E-state index in [1.807, 2.05) is 24.3 Å². The Morgan fingerprint density at radius 3 is 2.32 bits per heavy atom. The fourth-order valence-corrected chi connectivity index (χ4v) is 2.47. The molecular weight excluding hydrogens is 348 g/mol. The Bertz CT molecular complexity index is 709. The zero-order valence-corrected chi connectivity index (χ0v) is 13.2. The number of hydrogen-bond acceptors (Lipinski definition) is 4. The highest BCUT2D eigenvalue weighted by molar-refractivity contribution is 9.10. The van der Waals surface area contributed by atoms with Crippen molar-refractivity contribution in [1.82, 2.24) is 15.1 Å². The smallest absolute Gasteiger partial charge is 0.274 e. The van der Waals surface area contributed by atoms with Gasteiger partial charge in [0.15, 0.2) is 5.69 Å². The van der Waals surface area contributed by atoms with Gasteiger partial charge in [0, 0.05) is 23.1 Å². The van der Waals surface area contributed by atoms with Crippen LogP contribution in [-0.4, -0.2) is 40.0 Å². The third-order valence-electron chi connectivity index (χ3n) is 3.59. The molecule has 0 atom stereocenters. The second kappa shape index (κ2) is 5.84. The average molecular weight is 361 g/mol. The second-order valence-corrected chi connectivity index (χ2v) is 6.04. The monoisotopic (exact) mass is 360 g/mol. The van der Waals surface area contributed by atoms with Gasteiger partial charge in [-0.1, -0.05) is 28.1 Å². The Morgan fingerprint density at radius 1 is 1.09 bits per heavy atom. The van der Waals surface area contributed by atoms with Gasteiger partial charge in [0.25, 0.3) is 5.91 Å². The Kier molecular flexibility index (Phi) is 3.89. The van der Waals surface area contributed by atoms with E-state index in [0.717, 1.165) is 10.0 Å². The van der Waals surface area contributed by atoms with Gasteiger partial charge in [-0.15, -0.1) is 10.2 Å². The lowest BCUT2D eigenvalue weighted by atomic mass is 9.99. The lowest BCUT2D eigenvalue weighted by molar-refractivity contribution is -0.125. The molecule has 0 spiro atoms. The van der Waals surface area contributed by atoms with Gasteiger partial charge in [0.2, 0.25) is 5.91 Å². The summed E-state index contributed by atoms with van der Waals surface area (Å²) in [6.45, 7) is 0.703. The lowest BCUT2D eigenvalue weighted by Gasteiger charge is -2.36. The summed E-state index contributed by atoms with van der Waals surface area (Å²) in [7, 11) is 0. The Labute approximate surface area is 135 Å². The molecule has 1 aliphatic heterocycles. The maximum absolute atomic E-state index is 12.2. The quantitative estimate of drug-likeness (QED) is 0.897. The van der Waals surface area contributed by atoms with Gasteiger partial charge >= 0.3 is 0 Å². The summed E-state index contributed by atoms with van der Waals surface area (Å²) in [5, 5.41) is 8.07. The van der Waals surface area contributed by atoms with Crippen LogP contribution in [0.4, 0.5) is 0 Å². The van der Waals surface area contributed by atoms with Gasteiger partial charge in [-0.3, -0.25) is 9.59 Å². The summed E-state index contributed by atoms with van der Waals surface area (Å²) in [4.78, 5) is 24.7. The third-order valence-corrected chi connectivity index (χ3v) is 4.12. The molecule has 0 saturated carbocycles. The molecule has 1 aromatic heterocycles. The van der Waals surface area contributed by atoms with Crippen LogP contribution in [0.5, 0.6) is 0 Å². The summed E-state index contributed by atoms with van der Waals surface area (Å²) in [6, 6.07) is 11.1. The molecule has 2 amide bonds. The fourth-order valence-electron chi connectivity index (χ4n) is 2.21. The maximum Gasteiger partial charge on any atom is 0.274 e. The maximum atomic E-state index is 12.2. The first kappa shape index (κ1) is 14.6. The molecule has 3 rings (SSSR count).